The molecular weight excluding hydrogens is 624 g/mol. The number of hydrogen-bond acceptors (Lipinski definition) is 6. The summed E-state index contributed by atoms with van der Waals surface area (Å²) in [6.07, 6.45) is 1.78. The molecule has 0 aliphatic heterocycles. The Kier molecular flexibility index (Phi) is 10.9. The van der Waals surface area contributed by atoms with Gasteiger partial charge in [0.25, 0.3) is 0 Å². The van der Waals surface area contributed by atoms with Gasteiger partial charge in [-0.1, -0.05) is 57.2 Å². The molecule has 2 amide bonds. The fraction of sp³-hybridized carbons (Fsp3) is 0.400. The molecule has 234 valence electrons. The minimum Gasteiger partial charge on any atom is -0.493 e. The summed E-state index contributed by atoms with van der Waals surface area (Å²) >= 11 is 3.59. The molecule has 3 aromatic carbocycles. The molecule has 3 N–H and O–H groups in total. The Morgan fingerprint density at radius 2 is 1.52 bits per heavy atom. The number of aliphatic hydroxyl groups is 1. The van der Waals surface area contributed by atoms with Crippen molar-refractivity contribution in [3.05, 3.63) is 81.8 Å². The zero-order valence-electron chi connectivity index (χ0n) is 25.9. The number of rotatable bonds is 11. The third-order valence-electron chi connectivity index (χ3n) is 8.23. The maximum atomic E-state index is 14.2. The first-order valence-corrected chi connectivity index (χ1v) is 15.9. The number of ketones is 1. The second kappa shape index (κ2) is 14.4. The summed E-state index contributed by atoms with van der Waals surface area (Å²) in [5.41, 5.74) is 1.80. The van der Waals surface area contributed by atoms with E-state index < -0.39 is 41.0 Å². The second-order valence-electron chi connectivity index (χ2n) is 11.4. The van der Waals surface area contributed by atoms with Crippen LogP contribution in [0.4, 0.5) is 11.4 Å². The Labute approximate surface area is 267 Å². The van der Waals surface area contributed by atoms with Crippen LogP contribution in [0.5, 0.6) is 11.5 Å². The first kappa shape index (κ1) is 33.2. The lowest BCUT2D eigenvalue weighted by atomic mass is 9.61. The van der Waals surface area contributed by atoms with E-state index in [9.17, 15) is 19.5 Å². The second-order valence-corrected chi connectivity index (χ2v) is 12.2. The lowest BCUT2D eigenvalue weighted by Crippen LogP contribution is -2.56. The zero-order valence-corrected chi connectivity index (χ0v) is 27.5. The van der Waals surface area contributed by atoms with Crippen LogP contribution in [-0.4, -0.2) is 42.0 Å². The highest BCUT2D eigenvalue weighted by molar-refractivity contribution is 9.10. The topological polar surface area (TPSA) is 114 Å². The predicted octanol–water partition coefficient (Wildman–Crippen LogP) is 6.69. The summed E-state index contributed by atoms with van der Waals surface area (Å²) in [4.78, 5) is 42.2. The average Bonchev–Trinajstić information content (AvgIpc) is 2.99. The number of carbonyl (C=O) groups is 3. The van der Waals surface area contributed by atoms with E-state index in [4.69, 9.17) is 9.47 Å². The van der Waals surface area contributed by atoms with Crippen molar-refractivity contribution in [2.75, 3.05) is 24.4 Å². The van der Waals surface area contributed by atoms with E-state index in [0.29, 0.717) is 52.4 Å². The van der Waals surface area contributed by atoms with Crippen LogP contribution in [-0.2, 0) is 27.2 Å². The van der Waals surface area contributed by atoms with Crippen LogP contribution in [0.2, 0.25) is 0 Å². The Hall–Kier alpha value is -3.69. The first-order chi connectivity index (χ1) is 21.1. The van der Waals surface area contributed by atoms with Crippen molar-refractivity contribution in [3.8, 4) is 11.5 Å². The monoisotopic (exact) mass is 664 g/mol. The molecule has 4 atom stereocenters. The number of amides is 2. The first-order valence-electron chi connectivity index (χ1n) is 15.1. The fourth-order valence-electron chi connectivity index (χ4n) is 6.09. The van der Waals surface area contributed by atoms with Crippen LogP contribution >= 0.6 is 15.9 Å². The van der Waals surface area contributed by atoms with Crippen molar-refractivity contribution in [2.45, 2.75) is 64.9 Å². The standard InChI is InChI=1S/C35H41BrN2O6/c1-6-17-44-32-24(36)18-23(19-28(32)43-5)29-30(33(40)37-25-15-11-9-13-21(25)7-2)27(39)20-35(4,42)31(29)34(41)38-26-16-12-10-14-22(26)8-3/h9-16,18-19,29-31,42H,6-8,17,20H2,1-5H3,(H,37,40)(H,38,41). The number of benzene rings is 3. The number of hydrogen-bond donors (Lipinski definition) is 3. The lowest BCUT2D eigenvalue weighted by molar-refractivity contribution is -0.150. The van der Waals surface area contributed by atoms with E-state index in [2.05, 4.69) is 26.6 Å². The van der Waals surface area contributed by atoms with Crippen LogP contribution in [0, 0.1) is 11.8 Å². The minimum atomic E-state index is -1.75. The van der Waals surface area contributed by atoms with Crippen molar-refractivity contribution in [1.29, 1.82) is 0 Å². The van der Waals surface area contributed by atoms with Crippen molar-refractivity contribution in [2.24, 2.45) is 11.8 Å². The molecular formula is C35H41BrN2O6. The van der Waals surface area contributed by atoms with Crippen molar-refractivity contribution >= 4 is 44.9 Å². The van der Waals surface area contributed by atoms with Crippen LogP contribution in [0.25, 0.3) is 0 Å². The summed E-state index contributed by atoms with van der Waals surface area (Å²) in [5, 5.41) is 17.7. The van der Waals surface area contributed by atoms with Crippen molar-refractivity contribution in [3.63, 3.8) is 0 Å². The van der Waals surface area contributed by atoms with Gasteiger partial charge >= 0.3 is 0 Å². The number of methoxy groups -OCH3 is 1. The van der Waals surface area contributed by atoms with Crippen molar-refractivity contribution < 1.29 is 29.0 Å². The number of aryl methyl sites for hydroxylation is 2. The molecule has 4 rings (SSSR count). The molecule has 9 heteroatoms. The molecule has 1 aliphatic carbocycles. The normalized spacial score (nSPS) is 21.4. The van der Waals surface area contributed by atoms with Gasteiger partial charge in [0.15, 0.2) is 11.5 Å². The maximum Gasteiger partial charge on any atom is 0.235 e. The summed E-state index contributed by atoms with van der Waals surface area (Å²) in [7, 11) is 1.50. The van der Waals surface area contributed by atoms with E-state index in [1.54, 1.807) is 24.3 Å². The van der Waals surface area contributed by atoms with Gasteiger partial charge in [0, 0.05) is 23.7 Å². The Morgan fingerprint density at radius 1 is 0.955 bits per heavy atom. The number of carbonyl (C=O) groups excluding carboxylic acids is 3. The van der Waals surface area contributed by atoms with Gasteiger partial charge in [0.05, 0.1) is 29.7 Å². The number of halogens is 1. The molecule has 1 saturated carbocycles. The van der Waals surface area contributed by atoms with Gasteiger partial charge in [0.2, 0.25) is 11.8 Å². The van der Waals surface area contributed by atoms with Gasteiger partial charge in [-0.15, -0.1) is 0 Å². The van der Waals surface area contributed by atoms with Gasteiger partial charge in [0.1, 0.15) is 11.7 Å². The fourth-order valence-corrected chi connectivity index (χ4v) is 6.66. The van der Waals surface area contributed by atoms with E-state index in [1.165, 1.54) is 14.0 Å². The third kappa shape index (κ3) is 7.00. The highest BCUT2D eigenvalue weighted by Crippen LogP contribution is 2.49. The quantitative estimate of drug-likeness (QED) is 0.197. The van der Waals surface area contributed by atoms with Crippen LogP contribution in [0.1, 0.15) is 63.1 Å². The SMILES string of the molecule is CCCOc1c(Br)cc(C2C(C(=O)Nc3ccccc3CC)C(=O)CC(C)(O)C2C(=O)Nc2ccccc2CC)cc1OC. The van der Waals surface area contributed by atoms with Crippen LogP contribution < -0.4 is 20.1 Å². The van der Waals surface area contributed by atoms with Gasteiger partial charge in [-0.3, -0.25) is 14.4 Å². The summed E-state index contributed by atoms with van der Waals surface area (Å²) < 4.78 is 12.1. The van der Waals surface area contributed by atoms with E-state index in [1.807, 2.05) is 57.2 Å². The number of anilines is 2. The summed E-state index contributed by atoms with van der Waals surface area (Å²) in [6.45, 7) is 7.90. The average molecular weight is 666 g/mol. The highest BCUT2D eigenvalue weighted by Gasteiger charge is 2.56. The molecule has 1 fully saturated rings. The molecule has 0 bridgehead atoms. The molecule has 44 heavy (non-hydrogen) atoms. The largest absolute Gasteiger partial charge is 0.493 e. The maximum absolute atomic E-state index is 14.2. The van der Waals surface area contributed by atoms with Crippen LogP contribution in [0.15, 0.2) is 65.1 Å². The summed E-state index contributed by atoms with van der Waals surface area (Å²) in [6, 6.07) is 18.3. The molecule has 4 unspecified atom stereocenters. The van der Waals surface area contributed by atoms with Crippen molar-refractivity contribution in [1.82, 2.24) is 0 Å². The Bertz CT molecular complexity index is 1520. The molecule has 0 saturated heterocycles. The van der Waals surface area contributed by atoms with Gasteiger partial charge in [-0.05, 0) is 83.1 Å². The van der Waals surface area contributed by atoms with E-state index in [0.717, 1.165) is 17.5 Å². The molecule has 0 radical (unpaired) electrons. The lowest BCUT2D eigenvalue weighted by Gasteiger charge is -2.44. The van der Waals surface area contributed by atoms with E-state index >= 15 is 0 Å². The Balaban J connectivity index is 1.87. The zero-order chi connectivity index (χ0) is 32.0. The summed E-state index contributed by atoms with van der Waals surface area (Å²) in [5.74, 6) is -4.08. The highest BCUT2D eigenvalue weighted by atomic mass is 79.9. The number of ether oxygens (including phenoxy) is 2. The molecule has 0 aromatic heterocycles. The van der Waals surface area contributed by atoms with Gasteiger partial charge in [-0.2, -0.15) is 0 Å². The van der Waals surface area contributed by atoms with Gasteiger partial charge < -0.3 is 25.2 Å². The smallest absolute Gasteiger partial charge is 0.235 e. The van der Waals surface area contributed by atoms with E-state index in [-0.39, 0.29) is 6.42 Å². The molecule has 8 nitrogen and oxygen atoms in total. The minimum absolute atomic E-state index is 0.361. The number of Topliss-reactive ketones (excluding diaryl/α,β-unsaturated/α-hetero) is 1. The molecule has 3 aromatic rings. The number of para-hydroxylation sites is 2. The molecule has 1 aliphatic rings. The predicted molar refractivity (Wildman–Crippen MR) is 175 cm³/mol. The molecule has 0 spiro atoms. The van der Waals surface area contributed by atoms with Gasteiger partial charge in [-0.25, -0.2) is 0 Å². The molecule has 0 heterocycles. The number of nitrogens with one attached hydrogen (secondary N) is 2. The Morgan fingerprint density at radius 3 is 2.07 bits per heavy atom. The third-order valence-corrected chi connectivity index (χ3v) is 8.82. The van der Waals surface area contributed by atoms with Crippen LogP contribution in [0.3, 0.4) is 0 Å².